The lowest BCUT2D eigenvalue weighted by Crippen LogP contribution is -2.45. The van der Waals surface area contributed by atoms with Gasteiger partial charge in [-0.3, -0.25) is 9.78 Å². The summed E-state index contributed by atoms with van der Waals surface area (Å²) < 4.78 is 0. The lowest BCUT2D eigenvalue weighted by molar-refractivity contribution is -0.130. The molecule has 1 aliphatic heterocycles. The summed E-state index contributed by atoms with van der Waals surface area (Å²) in [4.78, 5) is 18.7. The van der Waals surface area contributed by atoms with Gasteiger partial charge in [0.15, 0.2) is 0 Å². The Bertz CT molecular complexity index is 723. The van der Waals surface area contributed by atoms with Gasteiger partial charge in [0, 0.05) is 42.3 Å². The summed E-state index contributed by atoms with van der Waals surface area (Å²) in [6.45, 7) is 1.57. The second kappa shape index (κ2) is 5.06. The number of nitrogens with zero attached hydrogens (tertiary/aromatic N) is 2. The van der Waals surface area contributed by atoms with Crippen LogP contribution in [0.25, 0.3) is 10.8 Å². The van der Waals surface area contributed by atoms with Crippen LogP contribution in [-0.2, 0) is 11.2 Å². The van der Waals surface area contributed by atoms with Crippen LogP contribution in [0, 0.1) is 5.41 Å². The SMILES string of the molecule is NC1CN(C(=O)Cc2ccc3cnccc3c2)CC12CCC2. The molecule has 1 spiro atoms. The molecule has 4 rings (SSSR count). The Morgan fingerprint density at radius 1 is 1.32 bits per heavy atom. The molecule has 2 heterocycles. The summed E-state index contributed by atoms with van der Waals surface area (Å²) in [6, 6.07) is 8.29. The van der Waals surface area contributed by atoms with E-state index in [9.17, 15) is 4.79 Å². The van der Waals surface area contributed by atoms with Crippen molar-refractivity contribution in [2.24, 2.45) is 11.1 Å². The Hall–Kier alpha value is -1.94. The molecular weight excluding hydrogens is 274 g/mol. The molecular formula is C18H21N3O. The maximum absolute atomic E-state index is 12.6. The summed E-state index contributed by atoms with van der Waals surface area (Å²) in [6.07, 6.45) is 7.71. The zero-order valence-electron chi connectivity index (χ0n) is 12.7. The third-order valence-electron chi connectivity index (χ3n) is 5.47. The maximum Gasteiger partial charge on any atom is 0.227 e. The zero-order valence-corrected chi connectivity index (χ0v) is 12.7. The molecule has 0 bridgehead atoms. The fourth-order valence-electron chi connectivity index (χ4n) is 3.87. The highest BCUT2D eigenvalue weighted by atomic mass is 16.2. The van der Waals surface area contributed by atoms with Gasteiger partial charge in [-0.05, 0) is 29.9 Å². The number of fused-ring (bicyclic) bond motifs is 1. The standard InChI is InChI=1S/C18H21N3O/c19-16-11-21(12-18(16)5-1-6-18)17(22)9-13-2-3-15-10-20-7-4-14(15)8-13/h2-4,7-8,10,16H,1,5-6,9,11-12,19H2. The second-order valence-electron chi connectivity index (χ2n) is 6.83. The number of likely N-dealkylation sites (tertiary alicyclic amines) is 1. The van der Waals surface area contributed by atoms with Crippen molar-refractivity contribution in [1.29, 1.82) is 0 Å². The second-order valence-corrected chi connectivity index (χ2v) is 6.83. The molecule has 114 valence electrons. The Morgan fingerprint density at radius 3 is 2.91 bits per heavy atom. The molecule has 1 aromatic heterocycles. The molecule has 1 atom stereocenters. The van der Waals surface area contributed by atoms with Crippen molar-refractivity contribution in [3.8, 4) is 0 Å². The minimum absolute atomic E-state index is 0.160. The number of pyridine rings is 1. The molecule has 1 saturated carbocycles. The Morgan fingerprint density at radius 2 is 2.18 bits per heavy atom. The first kappa shape index (κ1) is 13.7. The number of nitrogens with two attached hydrogens (primary N) is 1. The molecule has 0 radical (unpaired) electrons. The van der Waals surface area contributed by atoms with Crippen molar-refractivity contribution in [2.45, 2.75) is 31.7 Å². The number of rotatable bonds is 2. The first-order chi connectivity index (χ1) is 10.7. The highest BCUT2D eigenvalue weighted by Crippen LogP contribution is 2.47. The van der Waals surface area contributed by atoms with Crippen molar-refractivity contribution in [3.63, 3.8) is 0 Å². The molecule has 1 aliphatic carbocycles. The lowest BCUT2D eigenvalue weighted by Gasteiger charge is -2.41. The van der Waals surface area contributed by atoms with Crippen LogP contribution in [-0.4, -0.2) is 34.9 Å². The van der Waals surface area contributed by atoms with E-state index in [1.165, 1.54) is 19.3 Å². The molecule has 4 heteroatoms. The van der Waals surface area contributed by atoms with Crippen LogP contribution < -0.4 is 5.73 Å². The van der Waals surface area contributed by atoms with Crippen molar-refractivity contribution in [1.82, 2.24) is 9.88 Å². The smallest absolute Gasteiger partial charge is 0.227 e. The highest BCUT2D eigenvalue weighted by molar-refractivity contribution is 5.85. The van der Waals surface area contributed by atoms with E-state index < -0.39 is 0 Å². The van der Waals surface area contributed by atoms with Crippen LogP contribution >= 0.6 is 0 Å². The number of benzene rings is 1. The van der Waals surface area contributed by atoms with E-state index in [-0.39, 0.29) is 17.4 Å². The quantitative estimate of drug-likeness (QED) is 0.923. The Labute approximate surface area is 130 Å². The van der Waals surface area contributed by atoms with Gasteiger partial charge in [0.2, 0.25) is 5.91 Å². The topological polar surface area (TPSA) is 59.2 Å². The van der Waals surface area contributed by atoms with Crippen LogP contribution in [0.4, 0.5) is 0 Å². The molecule has 22 heavy (non-hydrogen) atoms. The number of carbonyl (C=O) groups excluding carboxylic acids is 1. The van der Waals surface area contributed by atoms with E-state index in [2.05, 4.69) is 11.1 Å². The van der Waals surface area contributed by atoms with Gasteiger partial charge in [-0.2, -0.15) is 0 Å². The van der Waals surface area contributed by atoms with E-state index in [0.29, 0.717) is 6.42 Å². The fraction of sp³-hybridized carbons (Fsp3) is 0.444. The normalized spacial score (nSPS) is 23.0. The molecule has 2 fully saturated rings. The fourth-order valence-corrected chi connectivity index (χ4v) is 3.87. The molecule has 2 N–H and O–H groups in total. The third-order valence-corrected chi connectivity index (χ3v) is 5.47. The van der Waals surface area contributed by atoms with E-state index in [1.807, 2.05) is 29.3 Å². The van der Waals surface area contributed by atoms with Crippen molar-refractivity contribution < 1.29 is 4.79 Å². The third kappa shape index (κ3) is 2.18. The first-order valence-electron chi connectivity index (χ1n) is 8.02. The first-order valence-corrected chi connectivity index (χ1v) is 8.02. The Kier molecular flexibility index (Phi) is 3.15. The van der Waals surface area contributed by atoms with Gasteiger partial charge >= 0.3 is 0 Å². The predicted octanol–water partition coefficient (Wildman–Crippen LogP) is 2.12. The van der Waals surface area contributed by atoms with Gasteiger partial charge in [-0.1, -0.05) is 24.6 Å². The van der Waals surface area contributed by atoms with E-state index >= 15 is 0 Å². The van der Waals surface area contributed by atoms with Gasteiger partial charge in [0.05, 0.1) is 6.42 Å². The molecule has 1 amide bonds. The van der Waals surface area contributed by atoms with Crippen LogP contribution in [0.5, 0.6) is 0 Å². The summed E-state index contributed by atoms with van der Waals surface area (Å²) in [7, 11) is 0. The molecule has 1 unspecified atom stereocenters. The van der Waals surface area contributed by atoms with E-state index in [0.717, 1.165) is 29.4 Å². The van der Waals surface area contributed by atoms with Crippen molar-refractivity contribution >= 4 is 16.7 Å². The van der Waals surface area contributed by atoms with Gasteiger partial charge in [0.25, 0.3) is 0 Å². The summed E-state index contributed by atoms with van der Waals surface area (Å²) in [5.41, 5.74) is 7.56. The monoisotopic (exact) mass is 295 g/mol. The molecule has 1 saturated heterocycles. The number of hydrogen-bond acceptors (Lipinski definition) is 3. The molecule has 1 aromatic carbocycles. The van der Waals surface area contributed by atoms with Crippen molar-refractivity contribution in [2.75, 3.05) is 13.1 Å². The molecule has 2 aliphatic rings. The number of amides is 1. The summed E-state index contributed by atoms with van der Waals surface area (Å²) >= 11 is 0. The van der Waals surface area contributed by atoms with Crippen LogP contribution in [0.2, 0.25) is 0 Å². The van der Waals surface area contributed by atoms with Gasteiger partial charge in [-0.25, -0.2) is 0 Å². The van der Waals surface area contributed by atoms with Crippen LogP contribution in [0.3, 0.4) is 0 Å². The van der Waals surface area contributed by atoms with Crippen LogP contribution in [0.1, 0.15) is 24.8 Å². The maximum atomic E-state index is 12.6. The minimum Gasteiger partial charge on any atom is -0.340 e. The number of aromatic nitrogens is 1. The zero-order chi connectivity index (χ0) is 15.2. The number of carbonyl (C=O) groups is 1. The molecule has 4 nitrogen and oxygen atoms in total. The van der Waals surface area contributed by atoms with E-state index in [1.54, 1.807) is 6.20 Å². The summed E-state index contributed by atoms with van der Waals surface area (Å²) in [5.74, 6) is 0.202. The lowest BCUT2D eigenvalue weighted by atomic mass is 9.66. The van der Waals surface area contributed by atoms with Gasteiger partial charge < -0.3 is 10.6 Å². The highest BCUT2D eigenvalue weighted by Gasteiger charge is 2.49. The average molecular weight is 295 g/mol. The van der Waals surface area contributed by atoms with E-state index in [4.69, 9.17) is 5.73 Å². The molecule has 2 aromatic rings. The van der Waals surface area contributed by atoms with Gasteiger partial charge in [0.1, 0.15) is 0 Å². The predicted molar refractivity (Wildman–Crippen MR) is 86.3 cm³/mol. The Balaban J connectivity index is 1.49. The largest absolute Gasteiger partial charge is 0.340 e. The van der Waals surface area contributed by atoms with Crippen LogP contribution in [0.15, 0.2) is 36.7 Å². The van der Waals surface area contributed by atoms with Gasteiger partial charge in [-0.15, -0.1) is 0 Å². The summed E-state index contributed by atoms with van der Waals surface area (Å²) in [5, 5.41) is 2.24. The average Bonchev–Trinajstić information content (AvgIpc) is 2.85. The van der Waals surface area contributed by atoms with Crippen molar-refractivity contribution in [3.05, 3.63) is 42.2 Å². The minimum atomic E-state index is 0.160. The number of hydrogen-bond donors (Lipinski definition) is 1.